The molecule has 0 amide bonds. The van der Waals surface area contributed by atoms with Gasteiger partial charge in [0.15, 0.2) is 6.79 Å². The Labute approximate surface area is 156 Å². The van der Waals surface area contributed by atoms with Crippen molar-refractivity contribution in [2.75, 3.05) is 6.79 Å². The van der Waals surface area contributed by atoms with Gasteiger partial charge in [-0.25, -0.2) is 0 Å². The van der Waals surface area contributed by atoms with Crippen molar-refractivity contribution in [3.63, 3.8) is 0 Å². The van der Waals surface area contributed by atoms with Crippen molar-refractivity contribution in [1.82, 2.24) is 20.2 Å². The first-order chi connectivity index (χ1) is 12.6. The maximum Gasteiger partial charge on any atom is 0.204 e. The van der Waals surface area contributed by atoms with Crippen LogP contribution in [-0.2, 0) is 17.9 Å². The van der Waals surface area contributed by atoms with Crippen molar-refractivity contribution in [2.45, 2.75) is 32.9 Å². The minimum absolute atomic E-state index is 0.236. The summed E-state index contributed by atoms with van der Waals surface area (Å²) < 4.78 is 11.0. The lowest BCUT2D eigenvalue weighted by Gasteiger charge is -2.20. The van der Waals surface area contributed by atoms with Crippen LogP contribution in [-0.4, -0.2) is 27.0 Å². The van der Waals surface area contributed by atoms with E-state index in [9.17, 15) is 0 Å². The first-order valence-corrected chi connectivity index (χ1v) is 8.88. The summed E-state index contributed by atoms with van der Waals surface area (Å²) in [6, 6.07) is 12.0. The van der Waals surface area contributed by atoms with Crippen LogP contribution < -0.4 is 4.74 Å². The van der Waals surface area contributed by atoms with E-state index >= 15 is 0 Å². The van der Waals surface area contributed by atoms with Crippen LogP contribution in [0.2, 0.25) is 5.02 Å². The van der Waals surface area contributed by atoms with Gasteiger partial charge in [-0.3, -0.25) is 0 Å². The average molecular weight is 371 g/mol. The van der Waals surface area contributed by atoms with E-state index in [1.165, 1.54) is 5.56 Å². The minimum atomic E-state index is 0.236. The Morgan fingerprint density at radius 1 is 1.19 bits per heavy atom. The summed E-state index contributed by atoms with van der Waals surface area (Å²) in [5.41, 5.74) is 4.07. The number of tetrazole rings is 1. The molecule has 1 aliphatic rings. The quantitative estimate of drug-likeness (QED) is 0.693. The molecule has 7 heteroatoms. The molecule has 0 aliphatic carbocycles. The zero-order valence-corrected chi connectivity index (χ0v) is 15.4. The van der Waals surface area contributed by atoms with Crippen LogP contribution in [0, 0.1) is 0 Å². The molecule has 0 radical (unpaired) electrons. The predicted octanol–water partition coefficient (Wildman–Crippen LogP) is 4.03. The number of ether oxygens (including phenoxy) is 2. The van der Waals surface area contributed by atoms with Crippen LogP contribution in [0.3, 0.4) is 0 Å². The van der Waals surface area contributed by atoms with Gasteiger partial charge in [0.2, 0.25) is 5.82 Å². The normalized spacial score (nSPS) is 13.5. The summed E-state index contributed by atoms with van der Waals surface area (Å²) in [6.45, 7) is 5.49. The first kappa shape index (κ1) is 17.0. The third kappa shape index (κ3) is 3.43. The van der Waals surface area contributed by atoms with Gasteiger partial charge >= 0.3 is 0 Å². The van der Waals surface area contributed by atoms with Gasteiger partial charge in [0.1, 0.15) is 5.75 Å². The van der Waals surface area contributed by atoms with Gasteiger partial charge in [-0.15, -0.1) is 10.2 Å². The SMILES string of the molecule is CC(C)c1ccc(-c2nnn(Cc3cc(Cl)cc4c3OCOC4)n2)cc1. The van der Waals surface area contributed by atoms with Crippen molar-refractivity contribution in [1.29, 1.82) is 0 Å². The Bertz CT molecular complexity index is 922. The first-order valence-electron chi connectivity index (χ1n) is 8.50. The summed E-state index contributed by atoms with van der Waals surface area (Å²) in [5, 5.41) is 13.5. The van der Waals surface area contributed by atoms with E-state index in [-0.39, 0.29) is 6.79 Å². The lowest BCUT2D eigenvalue weighted by Crippen LogP contribution is -2.15. The number of benzene rings is 2. The van der Waals surface area contributed by atoms with Gasteiger partial charge in [0, 0.05) is 21.7 Å². The van der Waals surface area contributed by atoms with Crippen molar-refractivity contribution in [3.8, 4) is 17.1 Å². The number of aromatic nitrogens is 4. The molecule has 1 aliphatic heterocycles. The summed E-state index contributed by atoms with van der Waals surface area (Å²) in [6.07, 6.45) is 0. The van der Waals surface area contributed by atoms with Gasteiger partial charge in [-0.1, -0.05) is 49.7 Å². The monoisotopic (exact) mass is 370 g/mol. The molecule has 6 nitrogen and oxygen atoms in total. The van der Waals surface area contributed by atoms with Gasteiger partial charge in [-0.05, 0) is 28.8 Å². The number of halogens is 1. The summed E-state index contributed by atoms with van der Waals surface area (Å²) >= 11 is 6.21. The number of rotatable bonds is 4. The molecule has 2 aromatic carbocycles. The van der Waals surface area contributed by atoms with E-state index in [0.29, 0.717) is 29.9 Å². The average Bonchev–Trinajstić information content (AvgIpc) is 3.10. The topological polar surface area (TPSA) is 62.1 Å². The predicted molar refractivity (Wildman–Crippen MR) is 98.2 cm³/mol. The molecule has 1 aromatic heterocycles. The van der Waals surface area contributed by atoms with E-state index in [2.05, 4.69) is 41.4 Å². The van der Waals surface area contributed by atoms with Crippen LogP contribution in [0.5, 0.6) is 5.75 Å². The molecule has 4 rings (SSSR count). The van der Waals surface area contributed by atoms with Gasteiger partial charge in [0.25, 0.3) is 0 Å². The van der Waals surface area contributed by atoms with Crippen molar-refractivity contribution in [2.24, 2.45) is 0 Å². The highest BCUT2D eigenvalue weighted by molar-refractivity contribution is 6.30. The fraction of sp³-hybridized carbons (Fsp3) is 0.316. The molecule has 0 unspecified atom stereocenters. The fourth-order valence-electron chi connectivity index (χ4n) is 2.97. The summed E-state index contributed by atoms with van der Waals surface area (Å²) in [5.74, 6) is 1.88. The van der Waals surface area contributed by atoms with Gasteiger partial charge < -0.3 is 9.47 Å². The second kappa shape index (κ2) is 7.05. The lowest BCUT2D eigenvalue weighted by atomic mass is 10.0. The molecule has 0 fully saturated rings. The molecule has 0 saturated heterocycles. The summed E-state index contributed by atoms with van der Waals surface area (Å²) in [7, 11) is 0. The Morgan fingerprint density at radius 3 is 2.77 bits per heavy atom. The molecule has 26 heavy (non-hydrogen) atoms. The molecule has 3 aromatic rings. The molecular weight excluding hydrogens is 352 g/mol. The van der Waals surface area contributed by atoms with E-state index in [1.807, 2.05) is 24.3 Å². The van der Waals surface area contributed by atoms with E-state index in [0.717, 1.165) is 22.4 Å². The van der Waals surface area contributed by atoms with Crippen LogP contribution in [0.4, 0.5) is 0 Å². The van der Waals surface area contributed by atoms with Crippen molar-refractivity contribution in [3.05, 3.63) is 58.1 Å². The molecule has 0 bridgehead atoms. The smallest absolute Gasteiger partial charge is 0.204 e. The zero-order chi connectivity index (χ0) is 18.1. The zero-order valence-electron chi connectivity index (χ0n) is 14.6. The maximum atomic E-state index is 6.21. The van der Waals surface area contributed by atoms with Gasteiger partial charge in [-0.2, -0.15) is 4.80 Å². The number of nitrogens with zero attached hydrogens (tertiary/aromatic N) is 4. The van der Waals surface area contributed by atoms with Crippen LogP contribution in [0.15, 0.2) is 36.4 Å². The van der Waals surface area contributed by atoms with Crippen LogP contribution >= 0.6 is 11.6 Å². The molecular formula is C19H19ClN4O2. The number of hydrogen-bond acceptors (Lipinski definition) is 5. The molecule has 2 heterocycles. The highest BCUT2D eigenvalue weighted by atomic mass is 35.5. The van der Waals surface area contributed by atoms with Gasteiger partial charge in [0.05, 0.1) is 13.2 Å². The Kier molecular flexibility index (Phi) is 4.61. The number of fused-ring (bicyclic) bond motifs is 1. The van der Waals surface area contributed by atoms with Crippen LogP contribution in [0.25, 0.3) is 11.4 Å². The largest absolute Gasteiger partial charge is 0.467 e. The molecule has 134 valence electrons. The van der Waals surface area contributed by atoms with E-state index in [4.69, 9.17) is 21.1 Å². The molecule has 0 spiro atoms. The standard InChI is InChI=1S/C19H19ClN4O2/c1-12(2)13-3-5-14(6-4-13)19-21-23-24(22-19)9-15-7-17(20)8-16-10-25-11-26-18(15)16/h3-8,12H,9-11H2,1-2H3. The highest BCUT2D eigenvalue weighted by Gasteiger charge is 2.18. The lowest BCUT2D eigenvalue weighted by molar-refractivity contribution is -0.0171. The molecule has 0 N–H and O–H groups in total. The maximum absolute atomic E-state index is 6.21. The Morgan fingerprint density at radius 2 is 2.00 bits per heavy atom. The second-order valence-corrected chi connectivity index (χ2v) is 7.02. The van der Waals surface area contributed by atoms with Crippen molar-refractivity contribution < 1.29 is 9.47 Å². The van der Waals surface area contributed by atoms with Crippen molar-refractivity contribution >= 4 is 11.6 Å². The highest BCUT2D eigenvalue weighted by Crippen LogP contribution is 2.32. The summed E-state index contributed by atoms with van der Waals surface area (Å²) in [4.78, 5) is 1.55. The third-order valence-electron chi connectivity index (χ3n) is 4.35. The third-order valence-corrected chi connectivity index (χ3v) is 4.57. The number of hydrogen-bond donors (Lipinski definition) is 0. The second-order valence-electron chi connectivity index (χ2n) is 6.58. The van der Waals surface area contributed by atoms with Crippen LogP contribution in [0.1, 0.15) is 36.5 Å². The van der Waals surface area contributed by atoms with E-state index in [1.54, 1.807) is 4.80 Å². The Hall–Kier alpha value is -2.44. The van der Waals surface area contributed by atoms with E-state index < -0.39 is 0 Å². The fourth-order valence-corrected chi connectivity index (χ4v) is 3.23. The molecule has 0 atom stereocenters. The minimum Gasteiger partial charge on any atom is -0.467 e. The Balaban J connectivity index is 1.58. The molecule has 0 saturated carbocycles.